The monoisotopic (exact) mass is 272 g/mol. The number of aliphatic imine (C=N–C) groups is 1. The second-order valence-corrected chi connectivity index (χ2v) is 4.66. The van der Waals surface area contributed by atoms with Crippen LogP contribution in [-0.4, -0.2) is 10.8 Å². The summed E-state index contributed by atoms with van der Waals surface area (Å²) in [7, 11) is 0. The molecule has 0 bridgehead atoms. The van der Waals surface area contributed by atoms with Crippen molar-refractivity contribution >= 4 is 17.1 Å². The largest absolute Gasteiger partial charge is 0.507 e. The highest BCUT2D eigenvalue weighted by molar-refractivity contribution is 6.02. The lowest BCUT2D eigenvalue weighted by molar-refractivity contribution is 0.432. The Balaban J connectivity index is 2.53. The molecule has 0 unspecified atom stereocenters. The zero-order valence-electron chi connectivity index (χ0n) is 11.6. The minimum absolute atomic E-state index is 0.0515. The lowest BCUT2D eigenvalue weighted by Gasteiger charge is -2.05. The predicted molar refractivity (Wildman–Crippen MR) is 78.8 cm³/mol. The lowest BCUT2D eigenvalue weighted by atomic mass is 10.1. The molecule has 0 amide bonds. The third-order valence-corrected chi connectivity index (χ3v) is 2.89. The molecule has 0 aliphatic carbocycles. The Morgan fingerprint density at radius 1 is 1.30 bits per heavy atom. The average molecular weight is 272 g/mol. The van der Waals surface area contributed by atoms with Gasteiger partial charge in [0, 0.05) is 6.07 Å². The summed E-state index contributed by atoms with van der Waals surface area (Å²) >= 11 is 0. The molecule has 20 heavy (non-hydrogen) atoms. The van der Waals surface area contributed by atoms with Crippen molar-refractivity contribution in [2.45, 2.75) is 20.8 Å². The van der Waals surface area contributed by atoms with Crippen LogP contribution in [0.15, 0.2) is 38.5 Å². The molecule has 0 aliphatic heterocycles. The Kier molecular flexibility index (Phi) is 3.61. The van der Waals surface area contributed by atoms with Crippen molar-refractivity contribution in [3.05, 3.63) is 51.6 Å². The number of nitrogens with zero attached hydrogens (tertiary/aromatic N) is 1. The van der Waals surface area contributed by atoms with E-state index in [-0.39, 0.29) is 11.3 Å². The number of nitrogen functional groups attached to an aromatic ring is 1. The maximum absolute atomic E-state index is 11.8. The summed E-state index contributed by atoms with van der Waals surface area (Å²) in [6.07, 6.45) is 0. The number of aryl methyl sites for hydroxylation is 2. The van der Waals surface area contributed by atoms with Crippen LogP contribution in [0.3, 0.4) is 0 Å². The molecule has 0 aliphatic rings. The van der Waals surface area contributed by atoms with Gasteiger partial charge in [-0.1, -0.05) is 6.07 Å². The van der Waals surface area contributed by atoms with E-state index < -0.39 is 5.63 Å². The Labute approximate surface area is 116 Å². The Morgan fingerprint density at radius 3 is 2.60 bits per heavy atom. The van der Waals surface area contributed by atoms with Crippen LogP contribution >= 0.6 is 0 Å². The number of hydrogen-bond donors (Lipinski definition) is 2. The SMILES string of the molecule is CC(=Nc1ccc(C)cc1N)c1c(O)cc(C)oc1=O. The molecule has 2 rings (SSSR count). The fourth-order valence-electron chi connectivity index (χ4n) is 1.94. The van der Waals surface area contributed by atoms with E-state index in [9.17, 15) is 9.90 Å². The van der Waals surface area contributed by atoms with E-state index in [4.69, 9.17) is 10.2 Å². The number of benzene rings is 1. The van der Waals surface area contributed by atoms with Gasteiger partial charge in [0.2, 0.25) is 0 Å². The fourth-order valence-corrected chi connectivity index (χ4v) is 1.94. The van der Waals surface area contributed by atoms with Crippen molar-refractivity contribution in [2.75, 3.05) is 5.73 Å². The third kappa shape index (κ3) is 2.71. The minimum atomic E-state index is -0.616. The van der Waals surface area contributed by atoms with Crippen molar-refractivity contribution in [2.24, 2.45) is 4.99 Å². The van der Waals surface area contributed by atoms with Crippen LogP contribution in [0.1, 0.15) is 23.8 Å². The first-order chi connectivity index (χ1) is 9.38. The Morgan fingerprint density at radius 2 is 2.00 bits per heavy atom. The summed E-state index contributed by atoms with van der Waals surface area (Å²) in [4.78, 5) is 16.1. The number of hydrogen-bond acceptors (Lipinski definition) is 5. The quantitative estimate of drug-likeness (QED) is 0.649. The van der Waals surface area contributed by atoms with E-state index in [1.54, 1.807) is 26.0 Å². The van der Waals surface area contributed by atoms with E-state index in [1.165, 1.54) is 6.07 Å². The van der Waals surface area contributed by atoms with Crippen LogP contribution in [0.5, 0.6) is 5.75 Å². The standard InChI is InChI=1S/C15H16N2O3/c1-8-4-5-12(11(16)6-8)17-10(3)14-13(18)7-9(2)20-15(14)19/h4-7,18H,16H2,1-3H3. The predicted octanol–water partition coefficient (Wildman–Crippen LogP) is 2.69. The van der Waals surface area contributed by atoms with Gasteiger partial charge in [-0.3, -0.25) is 4.99 Å². The van der Waals surface area contributed by atoms with E-state index in [1.807, 2.05) is 13.0 Å². The molecule has 104 valence electrons. The van der Waals surface area contributed by atoms with E-state index in [0.29, 0.717) is 22.8 Å². The molecule has 0 saturated carbocycles. The number of anilines is 1. The van der Waals surface area contributed by atoms with Gasteiger partial charge in [0.05, 0.1) is 17.1 Å². The highest BCUT2D eigenvalue weighted by atomic mass is 16.4. The first-order valence-corrected chi connectivity index (χ1v) is 6.14. The zero-order chi connectivity index (χ0) is 14.9. The normalized spacial score (nSPS) is 11.7. The first-order valence-electron chi connectivity index (χ1n) is 6.14. The fraction of sp³-hybridized carbons (Fsp3) is 0.200. The average Bonchev–Trinajstić information content (AvgIpc) is 2.31. The van der Waals surface area contributed by atoms with Crippen molar-refractivity contribution in [1.29, 1.82) is 0 Å². The number of rotatable bonds is 2. The van der Waals surface area contributed by atoms with Crippen molar-refractivity contribution in [1.82, 2.24) is 0 Å². The molecule has 0 fully saturated rings. The van der Waals surface area contributed by atoms with Crippen LogP contribution in [0.2, 0.25) is 0 Å². The first kappa shape index (κ1) is 13.9. The van der Waals surface area contributed by atoms with Gasteiger partial charge in [-0.05, 0) is 38.5 Å². The zero-order valence-corrected chi connectivity index (χ0v) is 11.6. The van der Waals surface area contributed by atoms with Gasteiger partial charge in [0.1, 0.15) is 17.1 Å². The van der Waals surface area contributed by atoms with E-state index in [0.717, 1.165) is 5.56 Å². The third-order valence-electron chi connectivity index (χ3n) is 2.89. The van der Waals surface area contributed by atoms with Gasteiger partial charge in [0.25, 0.3) is 0 Å². The molecule has 0 radical (unpaired) electrons. The maximum Gasteiger partial charge on any atom is 0.348 e. The molecule has 0 saturated heterocycles. The van der Waals surface area contributed by atoms with E-state index >= 15 is 0 Å². The summed E-state index contributed by atoms with van der Waals surface area (Å²) in [5.74, 6) is 0.199. The smallest absolute Gasteiger partial charge is 0.348 e. The van der Waals surface area contributed by atoms with Crippen LogP contribution < -0.4 is 11.4 Å². The summed E-state index contributed by atoms with van der Waals surface area (Å²) in [6, 6.07) is 6.82. The van der Waals surface area contributed by atoms with Gasteiger partial charge >= 0.3 is 5.63 Å². The van der Waals surface area contributed by atoms with Gasteiger partial charge in [-0.25, -0.2) is 4.79 Å². The molecule has 2 aromatic rings. The molecule has 1 heterocycles. The van der Waals surface area contributed by atoms with E-state index in [2.05, 4.69) is 4.99 Å². The number of aromatic hydroxyl groups is 1. The summed E-state index contributed by atoms with van der Waals surface area (Å²) in [6.45, 7) is 5.15. The molecular formula is C15H16N2O3. The van der Waals surface area contributed by atoms with Crippen LogP contribution in [0.4, 0.5) is 11.4 Å². The molecule has 0 atom stereocenters. The minimum Gasteiger partial charge on any atom is -0.507 e. The highest BCUT2D eigenvalue weighted by Crippen LogP contribution is 2.25. The van der Waals surface area contributed by atoms with Crippen molar-refractivity contribution < 1.29 is 9.52 Å². The Hall–Kier alpha value is -2.56. The molecule has 1 aromatic heterocycles. The van der Waals surface area contributed by atoms with Crippen LogP contribution in [0, 0.1) is 13.8 Å². The molecule has 0 spiro atoms. The molecule has 3 N–H and O–H groups in total. The Bertz CT molecular complexity index is 745. The number of nitrogens with two attached hydrogens (primary N) is 1. The molecular weight excluding hydrogens is 256 g/mol. The summed E-state index contributed by atoms with van der Waals surface area (Å²) in [5, 5.41) is 9.86. The topological polar surface area (TPSA) is 88.8 Å². The van der Waals surface area contributed by atoms with Crippen LogP contribution in [0.25, 0.3) is 0 Å². The second-order valence-electron chi connectivity index (χ2n) is 4.66. The molecule has 5 nitrogen and oxygen atoms in total. The molecule has 1 aromatic carbocycles. The van der Waals surface area contributed by atoms with Crippen molar-refractivity contribution in [3.63, 3.8) is 0 Å². The summed E-state index contributed by atoms with van der Waals surface area (Å²) in [5.41, 5.74) is 7.75. The maximum atomic E-state index is 11.8. The van der Waals surface area contributed by atoms with Gasteiger partial charge in [-0.2, -0.15) is 0 Å². The van der Waals surface area contributed by atoms with Gasteiger partial charge < -0.3 is 15.3 Å². The molecule has 5 heteroatoms. The van der Waals surface area contributed by atoms with Crippen LogP contribution in [-0.2, 0) is 0 Å². The van der Waals surface area contributed by atoms with Gasteiger partial charge in [-0.15, -0.1) is 0 Å². The van der Waals surface area contributed by atoms with Crippen molar-refractivity contribution in [3.8, 4) is 5.75 Å². The van der Waals surface area contributed by atoms with Gasteiger partial charge in [0.15, 0.2) is 0 Å². The lowest BCUT2D eigenvalue weighted by Crippen LogP contribution is -2.13. The second kappa shape index (κ2) is 5.21. The summed E-state index contributed by atoms with van der Waals surface area (Å²) < 4.78 is 4.97. The highest BCUT2D eigenvalue weighted by Gasteiger charge is 2.13.